The molecule has 0 saturated heterocycles. The highest BCUT2D eigenvalue weighted by Crippen LogP contribution is 1.61. The SMILES string of the molecule is C=CCN=C=O.C=CCNC(N)=O. The number of hydrogen-bond acceptors (Lipinski definition) is 3. The number of nitrogens with one attached hydrogen (secondary N) is 1. The highest BCUT2D eigenvalue weighted by molar-refractivity contribution is 5.71. The number of carbonyl (C=O) groups excluding carboxylic acids is 2. The molecule has 0 unspecified atom stereocenters. The van der Waals surface area contributed by atoms with Gasteiger partial charge in [0.05, 0.1) is 6.54 Å². The normalized spacial score (nSPS) is 6.77. The number of urea groups is 1. The average Bonchev–Trinajstić information content (AvgIpc) is 2.12. The Hall–Kier alpha value is -1.87. The van der Waals surface area contributed by atoms with Gasteiger partial charge in [0.2, 0.25) is 6.08 Å². The molecule has 5 nitrogen and oxygen atoms in total. The maximum atomic E-state index is 9.82. The second-order valence-corrected chi connectivity index (χ2v) is 1.75. The van der Waals surface area contributed by atoms with E-state index in [4.69, 9.17) is 0 Å². The fourth-order valence-corrected chi connectivity index (χ4v) is 0.275. The van der Waals surface area contributed by atoms with Crippen molar-refractivity contribution in [2.45, 2.75) is 0 Å². The van der Waals surface area contributed by atoms with Gasteiger partial charge in [-0.05, 0) is 0 Å². The van der Waals surface area contributed by atoms with Gasteiger partial charge < -0.3 is 11.1 Å². The fourth-order valence-electron chi connectivity index (χ4n) is 0.275. The third-order valence-electron chi connectivity index (χ3n) is 0.706. The molecule has 0 aliphatic heterocycles. The summed E-state index contributed by atoms with van der Waals surface area (Å²) >= 11 is 0. The lowest BCUT2D eigenvalue weighted by molar-refractivity contribution is 0.250. The lowest BCUT2D eigenvalue weighted by Gasteiger charge is -1.90. The number of aliphatic imine (C=N–C) groups is 1. The summed E-state index contributed by atoms with van der Waals surface area (Å²) in [6.07, 6.45) is 4.47. The first-order chi connectivity index (χ1) is 6.18. The van der Waals surface area contributed by atoms with Crippen LogP contribution in [0.3, 0.4) is 0 Å². The standard InChI is InChI=1S/C4H8N2O.C4H5NO/c1-2-3-6-4(5)7;1-2-3-5-4-6/h2H,1,3H2,(H3,5,6,7);2H,1,3H2. The first kappa shape index (κ1) is 13.7. The van der Waals surface area contributed by atoms with Crippen LogP contribution < -0.4 is 11.1 Å². The molecule has 72 valence electrons. The Morgan fingerprint density at radius 1 is 1.54 bits per heavy atom. The van der Waals surface area contributed by atoms with Crippen molar-refractivity contribution in [2.75, 3.05) is 13.1 Å². The number of amides is 2. The molecule has 0 fully saturated rings. The number of nitrogens with zero attached hydrogens (tertiary/aromatic N) is 1. The second kappa shape index (κ2) is 12.8. The quantitative estimate of drug-likeness (QED) is 0.374. The third-order valence-corrected chi connectivity index (χ3v) is 0.706. The molecular weight excluding hydrogens is 170 g/mol. The molecule has 13 heavy (non-hydrogen) atoms. The summed E-state index contributed by atoms with van der Waals surface area (Å²) in [6, 6.07) is -0.514. The number of hydrogen-bond donors (Lipinski definition) is 2. The van der Waals surface area contributed by atoms with Crippen molar-refractivity contribution in [2.24, 2.45) is 10.7 Å². The van der Waals surface area contributed by atoms with Gasteiger partial charge in [-0.1, -0.05) is 12.2 Å². The van der Waals surface area contributed by atoms with Crippen molar-refractivity contribution >= 4 is 12.1 Å². The van der Waals surface area contributed by atoms with E-state index in [1.54, 1.807) is 6.08 Å². The van der Waals surface area contributed by atoms with E-state index in [0.717, 1.165) is 0 Å². The molecule has 0 aliphatic rings. The van der Waals surface area contributed by atoms with E-state index in [1.165, 1.54) is 12.2 Å². The van der Waals surface area contributed by atoms with Gasteiger partial charge in [-0.25, -0.2) is 14.6 Å². The van der Waals surface area contributed by atoms with Crippen LogP contribution in [-0.4, -0.2) is 25.2 Å². The van der Waals surface area contributed by atoms with Crippen LogP contribution in [0, 0.1) is 0 Å². The summed E-state index contributed by atoms with van der Waals surface area (Å²) in [7, 11) is 0. The predicted molar refractivity (Wildman–Crippen MR) is 51.0 cm³/mol. The van der Waals surface area contributed by atoms with Crippen LogP contribution >= 0.6 is 0 Å². The van der Waals surface area contributed by atoms with Crippen LogP contribution in [0.5, 0.6) is 0 Å². The smallest absolute Gasteiger partial charge is 0.312 e. The van der Waals surface area contributed by atoms with Gasteiger partial charge in [-0.15, -0.1) is 13.2 Å². The van der Waals surface area contributed by atoms with Crippen LogP contribution in [0.2, 0.25) is 0 Å². The zero-order valence-corrected chi connectivity index (χ0v) is 7.32. The Balaban J connectivity index is 0. The van der Waals surface area contributed by atoms with E-state index >= 15 is 0 Å². The third kappa shape index (κ3) is 25.4. The van der Waals surface area contributed by atoms with Crippen LogP contribution in [0.25, 0.3) is 0 Å². The molecule has 3 N–H and O–H groups in total. The first-order valence-electron chi connectivity index (χ1n) is 3.47. The number of isocyanates is 1. The van der Waals surface area contributed by atoms with Crippen molar-refractivity contribution < 1.29 is 9.59 Å². The van der Waals surface area contributed by atoms with E-state index in [9.17, 15) is 9.59 Å². The van der Waals surface area contributed by atoms with E-state index in [1.807, 2.05) is 0 Å². The van der Waals surface area contributed by atoms with Crippen LogP contribution in [0.15, 0.2) is 30.3 Å². The molecule has 0 saturated carbocycles. The highest BCUT2D eigenvalue weighted by atomic mass is 16.2. The van der Waals surface area contributed by atoms with Crippen LogP contribution in [-0.2, 0) is 4.79 Å². The largest absolute Gasteiger partial charge is 0.352 e. The van der Waals surface area contributed by atoms with E-state index < -0.39 is 6.03 Å². The Morgan fingerprint density at radius 2 is 2.15 bits per heavy atom. The van der Waals surface area contributed by atoms with Gasteiger partial charge >= 0.3 is 6.03 Å². The monoisotopic (exact) mass is 183 g/mol. The molecule has 0 heterocycles. The summed E-state index contributed by atoms with van der Waals surface area (Å²) in [5.74, 6) is 0. The zero-order valence-electron chi connectivity index (χ0n) is 7.32. The average molecular weight is 183 g/mol. The number of carbonyl (C=O) groups is 1. The zero-order chi connectivity index (χ0) is 10.5. The number of primary amides is 1. The molecule has 0 spiro atoms. The molecule has 0 bridgehead atoms. The van der Waals surface area contributed by atoms with Gasteiger partial charge in [0.1, 0.15) is 0 Å². The molecule has 2 amide bonds. The molecule has 0 aromatic carbocycles. The minimum absolute atomic E-state index is 0.378. The number of nitrogens with two attached hydrogens (primary N) is 1. The van der Waals surface area contributed by atoms with Crippen molar-refractivity contribution in [3.63, 3.8) is 0 Å². The Kier molecular flexibility index (Phi) is 13.5. The lowest BCUT2D eigenvalue weighted by Crippen LogP contribution is -2.28. The summed E-state index contributed by atoms with van der Waals surface area (Å²) in [5.41, 5.74) is 4.68. The van der Waals surface area contributed by atoms with Gasteiger partial charge in [-0.2, -0.15) is 0 Å². The fraction of sp³-hybridized carbons (Fsp3) is 0.250. The predicted octanol–water partition coefficient (Wildman–Crippen LogP) is 0.349. The Morgan fingerprint density at radius 3 is 2.31 bits per heavy atom. The molecule has 5 heteroatoms. The molecule has 0 atom stereocenters. The van der Waals surface area contributed by atoms with Crippen LogP contribution in [0.1, 0.15) is 0 Å². The van der Waals surface area contributed by atoms with Crippen molar-refractivity contribution in [3.8, 4) is 0 Å². The van der Waals surface area contributed by atoms with E-state index in [-0.39, 0.29) is 0 Å². The highest BCUT2D eigenvalue weighted by Gasteiger charge is 1.81. The number of rotatable bonds is 4. The summed E-state index contributed by atoms with van der Waals surface area (Å²) in [5, 5.41) is 2.32. The second-order valence-electron chi connectivity index (χ2n) is 1.75. The van der Waals surface area contributed by atoms with Crippen molar-refractivity contribution in [1.82, 2.24) is 5.32 Å². The van der Waals surface area contributed by atoms with Crippen molar-refractivity contribution in [1.29, 1.82) is 0 Å². The van der Waals surface area contributed by atoms with E-state index in [0.29, 0.717) is 13.1 Å². The lowest BCUT2D eigenvalue weighted by atomic mass is 10.6. The molecule has 0 aromatic rings. The van der Waals surface area contributed by atoms with Gasteiger partial charge in [0, 0.05) is 6.54 Å². The molecule has 0 aliphatic carbocycles. The molecule has 0 rings (SSSR count). The minimum atomic E-state index is -0.514. The van der Waals surface area contributed by atoms with Crippen LogP contribution in [0.4, 0.5) is 4.79 Å². The summed E-state index contributed by atoms with van der Waals surface area (Å²) in [4.78, 5) is 22.2. The molecular formula is C8H13N3O2. The molecule has 0 radical (unpaired) electrons. The van der Waals surface area contributed by atoms with Gasteiger partial charge in [-0.3, -0.25) is 0 Å². The maximum Gasteiger partial charge on any atom is 0.312 e. The molecule has 0 aromatic heterocycles. The minimum Gasteiger partial charge on any atom is -0.352 e. The Labute approximate surface area is 77.0 Å². The Bertz CT molecular complexity index is 207. The summed E-state index contributed by atoms with van der Waals surface area (Å²) in [6.45, 7) is 7.51. The van der Waals surface area contributed by atoms with Gasteiger partial charge in [0.25, 0.3) is 0 Å². The van der Waals surface area contributed by atoms with Gasteiger partial charge in [0.15, 0.2) is 0 Å². The topological polar surface area (TPSA) is 84.6 Å². The van der Waals surface area contributed by atoms with Crippen molar-refractivity contribution in [3.05, 3.63) is 25.3 Å². The van der Waals surface area contributed by atoms with E-state index in [2.05, 4.69) is 29.2 Å². The first-order valence-corrected chi connectivity index (χ1v) is 3.47. The maximum absolute atomic E-state index is 9.82. The summed E-state index contributed by atoms with van der Waals surface area (Å²) < 4.78 is 0.